The quantitative estimate of drug-likeness (QED) is 0.655. The highest BCUT2D eigenvalue weighted by Crippen LogP contribution is 2.29. The summed E-state index contributed by atoms with van der Waals surface area (Å²) in [5, 5.41) is 1.04. The lowest BCUT2D eigenvalue weighted by Gasteiger charge is -2.18. The molecule has 0 spiro atoms. The number of rotatable bonds is 4. The highest BCUT2D eigenvalue weighted by molar-refractivity contribution is 7.90. The van der Waals surface area contributed by atoms with Crippen LogP contribution in [0.25, 0.3) is 10.9 Å². The third-order valence-electron chi connectivity index (χ3n) is 4.75. The molecule has 3 rings (SSSR count). The van der Waals surface area contributed by atoms with Crippen molar-refractivity contribution in [3.8, 4) is 0 Å². The number of nitrogens with zero attached hydrogens (tertiary/aromatic N) is 1. The molecule has 1 heterocycles. The van der Waals surface area contributed by atoms with E-state index in [1.54, 1.807) is 18.2 Å². The van der Waals surface area contributed by atoms with Gasteiger partial charge in [0.1, 0.15) is 0 Å². The van der Waals surface area contributed by atoms with Gasteiger partial charge in [-0.15, -0.1) is 0 Å². The SMILES string of the molecule is COC(=O)c1ccc2ccn(C(C)c3ccc(S(C)(=O)=O)cc3)c2c1C. The Morgan fingerprint density at radius 2 is 1.73 bits per heavy atom. The van der Waals surface area contributed by atoms with E-state index in [1.807, 2.05) is 44.3 Å². The number of aryl methyl sites for hydroxylation is 1. The lowest BCUT2D eigenvalue weighted by atomic mass is 10.0. The van der Waals surface area contributed by atoms with Crippen LogP contribution in [0.2, 0.25) is 0 Å². The predicted octanol–water partition coefficient (Wildman–Crippen LogP) is 3.75. The van der Waals surface area contributed by atoms with Crippen molar-refractivity contribution in [3.63, 3.8) is 0 Å². The number of benzene rings is 2. The van der Waals surface area contributed by atoms with Gasteiger partial charge in [0.15, 0.2) is 9.84 Å². The maximum Gasteiger partial charge on any atom is 0.338 e. The fourth-order valence-electron chi connectivity index (χ4n) is 3.24. The Morgan fingerprint density at radius 1 is 1.08 bits per heavy atom. The Balaban J connectivity index is 2.08. The predicted molar refractivity (Wildman–Crippen MR) is 101 cm³/mol. The van der Waals surface area contributed by atoms with Crippen LogP contribution in [0, 0.1) is 6.92 Å². The van der Waals surface area contributed by atoms with Gasteiger partial charge < -0.3 is 9.30 Å². The molecule has 0 aliphatic rings. The molecular weight excluding hydrogens is 350 g/mol. The second kappa shape index (κ2) is 6.61. The fraction of sp³-hybridized carbons (Fsp3) is 0.250. The normalized spacial score (nSPS) is 12.9. The number of sulfone groups is 1. The first-order valence-corrected chi connectivity index (χ1v) is 10.1. The molecule has 1 atom stereocenters. The third kappa shape index (κ3) is 3.12. The van der Waals surface area contributed by atoms with Gasteiger partial charge in [-0.2, -0.15) is 0 Å². The number of carbonyl (C=O) groups is 1. The first-order chi connectivity index (χ1) is 12.2. The van der Waals surface area contributed by atoms with E-state index in [2.05, 4.69) is 4.57 Å². The Labute approximate surface area is 153 Å². The molecular formula is C20H21NO4S. The Morgan fingerprint density at radius 3 is 2.31 bits per heavy atom. The van der Waals surface area contributed by atoms with E-state index in [0.29, 0.717) is 10.5 Å². The Hall–Kier alpha value is -2.60. The van der Waals surface area contributed by atoms with Crippen molar-refractivity contribution in [1.29, 1.82) is 0 Å². The monoisotopic (exact) mass is 371 g/mol. The van der Waals surface area contributed by atoms with E-state index in [1.165, 1.54) is 13.4 Å². The average Bonchev–Trinajstić information content (AvgIpc) is 3.05. The minimum Gasteiger partial charge on any atom is -0.465 e. The molecule has 136 valence electrons. The number of methoxy groups -OCH3 is 1. The van der Waals surface area contributed by atoms with Gasteiger partial charge in [0.25, 0.3) is 0 Å². The van der Waals surface area contributed by atoms with Gasteiger partial charge in [-0.05, 0) is 54.6 Å². The van der Waals surface area contributed by atoms with E-state index in [-0.39, 0.29) is 12.0 Å². The van der Waals surface area contributed by atoms with Gasteiger partial charge in [0, 0.05) is 12.5 Å². The summed E-state index contributed by atoms with van der Waals surface area (Å²) in [5.41, 5.74) is 3.35. The highest BCUT2D eigenvalue weighted by atomic mass is 32.2. The molecule has 26 heavy (non-hydrogen) atoms. The lowest BCUT2D eigenvalue weighted by molar-refractivity contribution is 0.0600. The summed E-state index contributed by atoms with van der Waals surface area (Å²) >= 11 is 0. The van der Waals surface area contributed by atoms with E-state index in [9.17, 15) is 13.2 Å². The van der Waals surface area contributed by atoms with Crippen molar-refractivity contribution >= 4 is 26.7 Å². The highest BCUT2D eigenvalue weighted by Gasteiger charge is 2.17. The largest absolute Gasteiger partial charge is 0.465 e. The summed E-state index contributed by atoms with van der Waals surface area (Å²) in [5.74, 6) is -0.359. The minimum absolute atomic E-state index is 0.0206. The summed E-state index contributed by atoms with van der Waals surface area (Å²) in [6.45, 7) is 3.95. The number of hydrogen-bond acceptors (Lipinski definition) is 4. The van der Waals surface area contributed by atoms with Gasteiger partial charge in [-0.1, -0.05) is 18.2 Å². The van der Waals surface area contributed by atoms with Crippen LogP contribution < -0.4 is 0 Å². The van der Waals surface area contributed by atoms with Gasteiger partial charge in [-0.3, -0.25) is 0 Å². The van der Waals surface area contributed by atoms with Gasteiger partial charge in [0.05, 0.1) is 29.1 Å². The van der Waals surface area contributed by atoms with Gasteiger partial charge in [0.2, 0.25) is 0 Å². The first-order valence-electron chi connectivity index (χ1n) is 8.22. The van der Waals surface area contributed by atoms with Crippen LogP contribution in [0.5, 0.6) is 0 Å². The van der Waals surface area contributed by atoms with Crippen LogP contribution in [0.1, 0.15) is 34.5 Å². The molecule has 3 aromatic rings. The zero-order valence-electron chi connectivity index (χ0n) is 15.2. The average molecular weight is 371 g/mol. The van der Waals surface area contributed by atoms with Gasteiger partial charge in [-0.25, -0.2) is 13.2 Å². The fourth-order valence-corrected chi connectivity index (χ4v) is 3.87. The van der Waals surface area contributed by atoms with Crippen molar-refractivity contribution < 1.29 is 17.9 Å². The maximum atomic E-state index is 12.0. The molecule has 1 aromatic heterocycles. The number of carbonyl (C=O) groups excluding carboxylic acids is 1. The standard InChI is InChI=1S/C20H21NO4S/c1-13-18(20(22)25-3)10-7-16-11-12-21(19(13)16)14(2)15-5-8-17(9-6-15)26(4,23)24/h5-12,14H,1-4H3. The Kier molecular flexibility index (Phi) is 4.63. The lowest BCUT2D eigenvalue weighted by Crippen LogP contribution is -2.09. The zero-order valence-corrected chi connectivity index (χ0v) is 16.0. The van der Waals surface area contributed by atoms with Crippen LogP contribution in [-0.4, -0.2) is 32.3 Å². The van der Waals surface area contributed by atoms with Crippen LogP contribution >= 0.6 is 0 Å². The van der Waals surface area contributed by atoms with Crippen LogP contribution in [0.3, 0.4) is 0 Å². The maximum absolute atomic E-state index is 12.0. The molecule has 1 unspecified atom stereocenters. The molecule has 5 nitrogen and oxygen atoms in total. The number of esters is 1. The van der Waals surface area contributed by atoms with Crippen molar-refractivity contribution in [2.24, 2.45) is 0 Å². The molecule has 6 heteroatoms. The topological polar surface area (TPSA) is 65.4 Å². The van der Waals surface area contributed by atoms with E-state index >= 15 is 0 Å². The van der Waals surface area contributed by atoms with Crippen molar-refractivity contribution in [2.75, 3.05) is 13.4 Å². The summed E-state index contributed by atoms with van der Waals surface area (Å²) < 4.78 is 30.2. The number of aromatic nitrogens is 1. The second-order valence-corrected chi connectivity index (χ2v) is 8.42. The molecule has 0 radical (unpaired) electrons. The van der Waals surface area contributed by atoms with E-state index < -0.39 is 9.84 Å². The molecule has 0 saturated carbocycles. The number of ether oxygens (including phenoxy) is 1. The van der Waals surface area contributed by atoms with Crippen molar-refractivity contribution in [1.82, 2.24) is 4.57 Å². The van der Waals surface area contributed by atoms with E-state index in [4.69, 9.17) is 4.74 Å². The third-order valence-corrected chi connectivity index (χ3v) is 5.88. The molecule has 0 fully saturated rings. The van der Waals surface area contributed by atoms with Crippen LogP contribution in [0.15, 0.2) is 53.6 Å². The minimum atomic E-state index is -3.22. The van der Waals surface area contributed by atoms with E-state index in [0.717, 1.165) is 22.0 Å². The molecule has 0 bridgehead atoms. The van der Waals surface area contributed by atoms with Crippen molar-refractivity contribution in [3.05, 3.63) is 65.4 Å². The summed E-state index contributed by atoms with van der Waals surface area (Å²) in [7, 11) is -1.84. The molecule has 0 saturated heterocycles. The van der Waals surface area contributed by atoms with Crippen LogP contribution in [0.4, 0.5) is 0 Å². The number of hydrogen-bond donors (Lipinski definition) is 0. The smallest absolute Gasteiger partial charge is 0.338 e. The molecule has 2 aromatic carbocycles. The first kappa shape index (κ1) is 18.2. The van der Waals surface area contributed by atoms with Crippen LogP contribution in [-0.2, 0) is 14.6 Å². The Bertz CT molecular complexity index is 1080. The molecule has 0 aliphatic heterocycles. The molecule has 0 aliphatic carbocycles. The zero-order chi connectivity index (χ0) is 19.1. The number of fused-ring (bicyclic) bond motifs is 1. The summed E-state index contributed by atoms with van der Waals surface area (Å²) in [6, 6.07) is 12.6. The summed E-state index contributed by atoms with van der Waals surface area (Å²) in [6.07, 6.45) is 3.18. The molecule has 0 amide bonds. The van der Waals surface area contributed by atoms with Crippen molar-refractivity contribution in [2.45, 2.75) is 24.8 Å². The van der Waals surface area contributed by atoms with Gasteiger partial charge >= 0.3 is 5.97 Å². The second-order valence-electron chi connectivity index (χ2n) is 6.41. The molecule has 0 N–H and O–H groups in total. The summed E-state index contributed by atoms with van der Waals surface area (Å²) in [4.78, 5) is 12.3.